The number of rotatable bonds is 4. The Bertz CT molecular complexity index is 903. The van der Waals surface area contributed by atoms with Gasteiger partial charge in [0.25, 0.3) is 5.91 Å². The maximum absolute atomic E-state index is 12.5. The summed E-state index contributed by atoms with van der Waals surface area (Å²) in [5.74, 6) is -0.852. The number of H-pyrrole nitrogens is 1. The van der Waals surface area contributed by atoms with Gasteiger partial charge in [-0.1, -0.05) is 29.8 Å². The zero-order chi connectivity index (χ0) is 17.1. The number of halogens is 1. The Hall–Kier alpha value is -2.79. The average molecular weight is 343 g/mol. The largest absolute Gasteiger partial charge is 0.461 e. The molecule has 0 aliphatic heterocycles. The van der Waals surface area contributed by atoms with E-state index in [0.717, 1.165) is 0 Å². The lowest BCUT2D eigenvalue weighted by Crippen LogP contribution is -2.15. The molecule has 2 aromatic carbocycles. The van der Waals surface area contributed by atoms with Crippen LogP contribution < -0.4 is 5.32 Å². The summed E-state index contributed by atoms with van der Waals surface area (Å²) in [6, 6.07) is 13.9. The number of benzene rings is 2. The summed E-state index contributed by atoms with van der Waals surface area (Å²) in [4.78, 5) is 27.6. The van der Waals surface area contributed by atoms with Gasteiger partial charge in [0.05, 0.1) is 12.3 Å². The summed E-state index contributed by atoms with van der Waals surface area (Å²) in [7, 11) is 0. The molecule has 1 aromatic heterocycles. The van der Waals surface area contributed by atoms with Crippen LogP contribution >= 0.6 is 11.6 Å². The molecule has 0 radical (unpaired) electrons. The van der Waals surface area contributed by atoms with Gasteiger partial charge in [-0.25, -0.2) is 4.79 Å². The number of esters is 1. The molecule has 1 amide bonds. The molecule has 24 heavy (non-hydrogen) atoms. The van der Waals surface area contributed by atoms with Crippen molar-refractivity contribution in [2.75, 3.05) is 11.9 Å². The summed E-state index contributed by atoms with van der Waals surface area (Å²) in [5.41, 5.74) is 1.73. The summed E-state index contributed by atoms with van der Waals surface area (Å²) >= 11 is 6.05. The number of fused-ring (bicyclic) bond motifs is 1. The Balaban J connectivity index is 2.06. The van der Waals surface area contributed by atoms with Crippen LogP contribution in [-0.4, -0.2) is 23.5 Å². The monoisotopic (exact) mass is 342 g/mol. The maximum Gasteiger partial charge on any atom is 0.356 e. The Morgan fingerprint density at radius 3 is 2.62 bits per heavy atom. The van der Waals surface area contributed by atoms with Gasteiger partial charge in [-0.3, -0.25) is 4.79 Å². The first-order chi connectivity index (χ1) is 11.6. The van der Waals surface area contributed by atoms with Crippen LogP contribution in [0.15, 0.2) is 48.5 Å². The molecular weight excluding hydrogens is 328 g/mol. The van der Waals surface area contributed by atoms with Gasteiger partial charge in [-0.05, 0) is 37.3 Å². The second-order valence-corrected chi connectivity index (χ2v) is 5.54. The fourth-order valence-corrected chi connectivity index (χ4v) is 2.60. The van der Waals surface area contributed by atoms with Gasteiger partial charge in [0.2, 0.25) is 0 Å². The lowest BCUT2D eigenvalue weighted by Gasteiger charge is -2.07. The van der Waals surface area contributed by atoms with E-state index in [1.165, 1.54) is 0 Å². The molecule has 3 aromatic rings. The molecule has 0 unspecified atom stereocenters. The Labute approximate surface area is 143 Å². The number of anilines is 1. The van der Waals surface area contributed by atoms with Crippen LogP contribution in [0.4, 0.5) is 5.69 Å². The van der Waals surface area contributed by atoms with Gasteiger partial charge < -0.3 is 15.0 Å². The summed E-state index contributed by atoms with van der Waals surface area (Å²) in [5, 5.41) is 3.94. The van der Waals surface area contributed by atoms with Crippen molar-refractivity contribution in [2.45, 2.75) is 6.92 Å². The van der Waals surface area contributed by atoms with Crippen molar-refractivity contribution < 1.29 is 14.3 Å². The molecule has 0 saturated heterocycles. The van der Waals surface area contributed by atoms with E-state index in [9.17, 15) is 9.59 Å². The van der Waals surface area contributed by atoms with Crippen LogP contribution in [-0.2, 0) is 4.74 Å². The molecule has 0 aliphatic carbocycles. The highest BCUT2D eigenvalue weighted by atomic mass is 35.5. The molecule has 0 saturated carbocycles. The summed E-state index contributed by atoms with van der Waals surface area (Å²) in [6.07, 6.45) is 0. The molecule has 0 fully saturated rings. The third-order valence-corrected chi connectivity index (χ3v) is 3.75. The van der Waals surface area contributed by atoms with Crippen molar-refractivity contribution in [3.63, 3.8) is 0 Å². The van der Waals surface area contributed by atoms with E-state index in [-0.39, 0.29) is 18.2 Å². The molecule has 0 bridgehead atoms. The van der Waals surface area contributed by atoms with Crippen molar-refractivity contribution in [1.29, 1.82) is 0 Å². The number of carbonyl (C=O) groups is 2. The van der Waals surface area contributed by atoms with Gasteiger partial charge in [0.15, 0.2) is 0 Å². The lowest BCUT2D eigenvalue weighted by atomic mass is 10.2. The van der Waals surface area contributed by atoms with E-state index in [2.05, 4.69) is 10.3 Å². The zero-order valence-electron chi connectivity index (χ0n) is 12.9. The van der Waals surface area contributed by atoms with Crippen molar-refractivity contribution in [3.8, 4) is 0 Å². The number of amides is 1. The van der Waals surface area contributed by atoms with Gasteiger partial charge in [0, 0.05) is 21.5 Å². The molecule has 0 aliphatic rings. The smallest absolute Gasteiger partial charge is 0.356 e. The van der Waals surface area contributed by atoms with E-state index in [0.29, 0.717) is 27.2 Å². The number of carbonyl (C=O) groups excluding carboxylic acids is 2. The minimum absolute atomic E-state index is 0.193. The normalized spacial score (nSPS) is 10.6. The summed E-state index contributed by atoms with van der Waals surface area (Å²) in [6.45, 7) is 1.96. The van der Waals surface area contributed by atoms with Gasteiger partial charge >= 0.3 is 5.97 Å². The first-order valence-corrected chi connectivity index (χ1v) is 7.82. The van der Waals surface area contributed by atoms with Crippen LogP contribution in [0.25, 0.3) is 10.9 Å². The average Bonchev–Trinajstić information content (AvgIpc) is 2.94. The Kier molecular flexibility index (Phi) is 4.53. The van der Waals surface area contributed by atoms with E-state index in [1.807, 2.05) is 6.07 Å². The predicted octanol–water partition coefficient (Wildman–Crippen LogP) is 4.25. The highest BCUT2D eigenvalue weighted by Gasteiger charge is 2.21. The number of ether oxygens (including phenoxy) is 1. The van der Waals surface area contributed by atoms with Crippen LogP contribution in [0, 0.1) is 0 Å². The number of nitrogens with one attached hydrogen (secondary N) is 2. The number of aromatic nitrogens is 1. The lowest BCUT2D eigenvalue weighted by molar-refractivity contribution is 0.0522. The standard InChI is InChI=1S/C18H15ClN2O3/c1-2-24-18(23)16-15(13-10-12(19)8-9-14(13)20-16)21-17(22)11-6-4-3-5-7-11/h3-10,20H,2H2,1H3,(H,21,22). The van der Waals surface area contributed by atoms with Crippen LogP contribution in [0.5, 0.6) is 0 Å². The van der Waals surface area contributed by atoms with Gasteiger partial charge in [-0.15, -0.1) is 0 Å². The molecule has 122 valence electrons. The molecule has 1 heterocycles. The second-order valence-electron chi connectivity index (χ2n) is 5.11. The van der Waals surface area contributed by atoms with E-state index in [1.54, 1.807) is 49.4 Å². The van der Waals surface area contributed by atoms with Crippen molar-refractivity contribution >= 4 is 40.1 Å². The van der Waals surface area contributed by atoms with E-state index >= 15 is 0 Å². The first kappa shape index (κ1) is 16.1. The van der Waals surface area contributed by atoms with E-state index < -0.39 is 5.97 Å². The zero-order valence-corrected chi connectivity index (χ0v) is 13.7. The molecule has 2 N–H and O–H groups in total. The van der Waals surface area contributed by atoms with E-state index in [4.69, 9.17) is 16.3 Å². The van der Waals surface area contributed by atoms with Crippen LogP contribution in [0.1, 0.15) is 27.8 Å². The molecule has 5 nitrogen and oxygen atoms in total. The molecule has 0 atom stereocenters. The molecule has 0 spiro atoms. The number of hydrogen-bond acceptors (Lipinski definition) is 3. The van der Waals surface area contributed by atoms with Gasteiger partial charge in [-0.2, -0.15) is 0 Å². The van der Waals surface area contributed by atoms with Crippen molar-refractivity contribution in [3.05, 3.63) is 64.8 Å². The molecule has 6 heteroatoms. The SMILES string of the molecule is CCOC(=O)c1[nH]c2ccc(Cl)cc2c1NC(=O)c1ccccc1. The van der Waals surface area contributed by atoms with Crippen molar-refractivity contribution in [2.24, 2.45) is 0 Å². The quantitative estimate of drug-likeness (QED) is 0.696. The van der Waals surface area contributed by atoms with Crippen LogP contribution in [0.2, 0.25) is 5.02 Å². The fourth-order valence-electron chi connectivity index (χ4n) is 2.43. The Morgan fingerprint density at radius 2 is 1.92 bits per heavy atom. The fraction of sp³-hybridized carbons (Fsp3) is 0.111. The maximum atomic E-state index is 12.5. The van der Waals surface area contributed by atoms with Gasteiger partial charge in [0.1, 0.15) is 5.69 Å². The highest BCUT2D eigenvalue weighted by Crippen LogP contribution is 2.31. The minimum Gasteiger partial charge on any atom is -0.461 e. The van der Waals surface area contributed by atoms with Crippen molar-refractivity contribution in [1.82, 2.24) is 4.98 Å². The third kappa shape index (κ3) is 3.12. The first-order valence-electron chi connectivity index (χ1n) is 7.45. The topological polar surface area (TPSA) is 71.2 Å². The van der Waals surface area contributed by atoms with Crippen LogP contribution in [0.3, 0.4) is 0 Å². The minimum atomic E-state index is -0.534. The molecular formula is C18H15ClN2O3. The second kappa shape index (κ2) is 6.76. The third-order valence-electron chi connectivity index (χ3n) is 3.51. The summed E-state index contributed by atoms with van der Waals surface area (Å²) < 4.78 is 5.06. The predicted molar refractivity (Wildman–Crippen MR) is 93.7 cm³/mol. The highest BCUT2D eigenvalue weighted by molar-refractivity contribution is 6.31. The number of hydrogen-bond donors (Lipinski definition) is 2. The molecule has 3 rings (SSSR count). The number of aromatic amines is 1. The Morgan fingerprint density at radius 1 is 1.17 bits per heavy atom.